The topological polar surface area (TPSA) is 113 Å². The summed E-state index contributed by atoms with van der Waals surface area (Å²) >= 11 is 0. The first-order chi connectivity index (χ1) is 10.8. The first kappa shape index (κ1) is 23.5. The lowest BCUT2D eigenvalue weighted by atomic mass is 9.99. The standard InChI is InChI=1S/C15H28O7P2/c1-6-15(5,21-24(19,20)22-23(16,17)18)12-8-11-14(4)10-7-9-13(2)3/h6,9,11H,1,7-8,10,12H2,2-5H3,(H,19,20)(H2,16,17,18)/b14-11+/t15-/m0/s1. The molecule has 3 N–H and O–H groups in total. The van der Waals surface area contributed by atoms with Crippen molar-refractivity contribution in [2.75, 3.05) is 0 Å². The van der Waals surface area contributed by atoms with E-state index >= 15 is 0 Å². The summed E-state index contributed by atoms with van der Waals surface area (Å²) in [6, 6.07) is 0. The van der Waals surface area contributed by atoms with Crippen LogP contribution in [0.1, 0.15) is 53.4 Å². The molecule has 0 radical (unpaired) electrons. The Kier molecular flexibility index (Phi) is 9.62. The zero-order chi connectivity index (χ0) is 19.0. The van der Waals surface area contributed by atoms with Gasteiger partial charge in [-0.05, 0) is 53.4 Å². The van der Waals surface area contributed by atoms with Crippen LogP contribution >= 0.6 is 15.6 Å². The summed E-state index contributed by atoms with van der Waals surface area (Å²) in [6.45, 7) is 11.1. The van der Waals surface area contributed by atoms with Gasteiger partial charge in [0.25, 0.3) is 0 Å². The smallest absolute Gasteiger partial charge is 0.302 e. The van der Waals surface area contributed by atoms with Gasteiger partial charge < -0.3 is 14.7 Å². The summed E-state index contributed by atoms with van der Waals surface area (Å²) in [5, 5.41) is 0. The van der Waals surface area contributed by atoms with Crippen molar-refractivity contribution in [2.45, 2.75) is 59.0 Å². The molecule has 0 amide bonds. The number of hydrogen-bond acceptors (Lipinski definition) is 4. The van der Waals surface area contributed by atoms with E-state index in [0.717, 1.165) is 12.8 Å². The highest BCUT2D eigenvalue weighted by molar-refractivity contribution is 7.60. The summed E-state index contributed by atoms with van der Waals surface area (Å²) in [5.41, 5.74) is 1.19. The Morgan fingerprint density at radius 1 is 1.12 bits per heavy atom. The highest BCUT2D eigenvalue weighted by Crippen LogP contribution is 2.59. The minimum atomic E-state index is -5.14. The SMILES string of the molecule is C=C[C@@](C)(CC/C=C(\C)CCC=C(C)C)OP(=O)(O)OP(=O)(O)O. The van der Waals surface area contributed by atoms with E-state index in [1.54, 1.807) is 0 Å². The van der Waals surface area contributed by atoms with E-state index in [1.807, 2.05) is 26.8 Å². The molecule has 0 saturated carbocycles. The monoisotopic (exact) mass is 382 g/mol. The average molecular weight is 382 g/mol. The van der Waals surface area contributed by atoms with Crippen molar-refractivity contribution in [3.05, 3.63) is 36.0 Å². The average Bonchev–Trinajstić information content (AvgIpc) is 2.34. The largest absolute Gasteiger partial charge is 0.481 e. The number of phosphoric acid groups is 2. The van der Waals surface area contributed by atoms with Gasteiger partial charge in [0.1, 0.15) is 0 Å². The summed E-state index contributed by atoms with van der Waals surface area (Å²) < 4.78 is 31.0. The lowest BCUT2D eigenvalue weighted by Gasteiger charge is -2.27. The Morgan fingerprint density at radius 2 is 1.71 bits per heavy atom. The molecular formula is C15H28O7P2. The minimum Gasteiger partial charge on any atom is -0.302 e. The maximum absolute atomic E-state index is 11.7. The molecule has 0 aromatic carbocycles. The molecule has 7 nitrogen and oxygen atoms in total. The van der Waals surface area contributed by atoms with Crippen LogP contribution < -0.4 is 0 Å². The Hall–Kier alpha value is -0.520. The van der Waals surface area contributed by atoms with Crippen molar-refractivity contribution >= 4 is 15.6 Å². The third-order valence-corrected chi connectivity index (χ3v) is 5.51. The maximum atomic E-state index is 11.7. The fourth-order valence-electron chi connectivity index (χ4n) is 1.90. The molecule has 0 saturated heterocycles. The van der Waals surface area contributed by atoms with Gasteiger partial charge in [-0.25, -0.2) is 9.13 Å². The summed E-state index contributed by atoms with van der Waals surface area (Å²) in [7, 11) is -10.0. The van der Waals surface area contributed by atoms with Gasteiger partial charge in [0.2, 0.25) is 0 Å². The number of phosphoric ester groups is 1. The molecule has 0 spiro atoms. The van der Waals surface area contributed by atoms with Crippen LogP contribution in [0.25, 0.3) is 0 Å². The zero-order valence-corrected chi connectivity index (χ0v) is 16.4. The van der Waals surface area contributed by atoms with Crippen LogP contribution in [0.4, 0.5) is 0 Å². The second-order valence-corrected chi connectivity index (χ2v) is 8.81. The Balaban J connectivity index is 4.68. The fourth-order valence-corrected chi connectivity index (χ4v) is 3.80. The van der Waals surface area contributed by atoms with Crippen molar-refractivity contribution in [3.63, 3.8) is 0 Å². The van der Waals surface area contributed by atoms with E-state index in [2.05, 4.69) is 17.0 Å². The third kappa shape index (κ3) is 11.9. The lowest BCUT2D eigenvalue weighted by Crippen LogP contribution is -2.24. The first-order valence-corrected chi connectivity index (χ1v) is 10.5. The van der Waals surface area contributed by atoms with Crippen LogP contribution in [0.3, 0.4) is 0 Å². The normalized spacial score (nSPS) is 17.7. The van der Waals surface area contributed by atoms with Gasteiger partial charge in [-0.2, -0.15) is 4.31 Å². The van der Waals surface area contributed by atoms with Crippen molar-refractivity contribution in [2.24, 2.45) is 0 Å². The molecule has 1 unspecified atom stereocenters. The van der Waals surface area contributed by atoms with Gasteiger partial charge in [-0.15, -0.1) is 6.58 Å². The second kappa shape index (κ2) is 9.83. The van der Waals surface area contributed by atoms with Gasteiger partial charge in [0.05, 0.1) is 5.60 Å². The van der Waals surface area contributed by atoms with Gasteiger partial charge in [0, 0.05) is 0 Å². The van der Waals surface area contributed by atoms with Crippen LogP contribution in [0, 0.1) is 0 Å². The minimum absolute atomic E-state index is 0.311. The summed E-state index contributed by atoms with van der Waals surface area (Å²) in [6.07, 6.45) is 8.18. The molecule has 0 aromatic rings. The number of allylic oxidation sites excluding steroid dienone is 4. The number of rotatable bonds is 11. The summed E-state index contributed by atoms with van der Waals surface area (Å²) in [4.78, 5) is 26.7. The Bertz CT molecular complexity index is 572. The zero-order valence-electron chi connectivity index (χ0n) is 14.6. The molecule has 0 aliphatic heterocycles. The second-order valence-electron chi connectivity index (χ2n) is 6.06. The van der Waals surface area contributed by atoms with Crippen molar-refractivity contribution < 1.29 is 32.6 Å². The molecular weight excluding hydrogens is 354 g/mol. The molecule has 0 fully saturated rings. The van der Waals surface area contributed by atoms with Gasteiger partial charge in [-0.1, -0.05) is 29.4 Å². The van der Waals surface area contributed by atoms with Crippen LogP contribution in [-0.2, 0) is 18.0 Å². The van der Waals surface area contributed by atoms with E-state index < -0.39 is 21.2 Å². The highest BCUT2D eigenvalue weighted by Gasteiger charge is 2.38. The van der Waals surface area contributed by atoms with E-state index in [9.17, 15) is 14.0 Å². The molecule has 0 bridgehead atoms. The molecule has 24 heavy (non-hydrogen) atoms. The first-order valence-electron chi connectivity index (χ1n) is 7.51. The quantitative estimate of drug-likeness (QED) is 0.353. The van der Waals surface area contributed by atoms with Crippen LogP contribution in [-0.4, -0.2) is 20.3 Å². The van der Waals surface area contributed by atoms with Gasteiger partial charge >= 0.3 is 15.6 Å². The molecule has 9 heteroatoms. The molecule has 0 heterocycles. The Labute approximate surface area is 143 Å². The fraction of sp³-hybridized carbons (Fsp3) is 0.600. The molecule has 140 valence electrons. The van der Waals surface area contributed by atoms with Crippen LogP contribution in [0.2, 0.25) is 0 Å². The molecule has 2 atom stereocenters. The predicted octanol–water partition coefficient (Wildman–Crippen LogP) is 4.63. The van der Waals surface area contributed by atoms with Crippen molar-refractivity contribution in [1.29, 1.82) is 0 Å². The van der Waals surface area contributed by atoms with E-state index in [-0.39, 0.29) is 0 Å². The van der Waals surface area contributed by atoms with Gasteiger partial charge in [0.15, 0.2) is 0 Å². The third-order valence-electron chi connectivity index (χ3n) is 3.19. The van der Waals surface area contributed by atoms with E-state index in [1.165, 1.54) is 24.1 Å². The number of hydrogen-bond donors (Lipinski definition) is 3. The van der Waals surface area contributed by atoms with Gasteiger partial charge in [-0.3, -0.25) is 4.52 Å². The summed E-state index contributed by atoms with van der Waals surface area (Å²) in [5.74, 6) is 0. The Morgan fingerprint density at radius 3 is 2.17 bits per heavy atom. The molecule has 0 rings (SSSR count). The lowest BCUT2D eigenvalue weighted by molar-refractivity contribution is 0.0803. The van der Waals surface area contributed by atoms with Crippen molar-refractivity contribution in [3.8, 4) is 0 Å². The highest BCUT2D eigenvalue weighted by atomic mass is 31.3. The van der Waals surface area contributed by atoms with E-state index in [4.69, 9.17) is 14.3 Å². The van der Waals surface area contributed by atoms with E-state index in [0.29, 0.717) is 12.8 Å². The maximum Gasteiger partial charge on any atom is 0.481 e. The molecule has 0 aliphatic rings. The predicted molar refractivity (Wildman–Crippen MR) is 94.3 cm³/mol. The van der Waals surface area contributed by atoms with Crippen LogP contribution in [0.5, 0.6) is 0 Å². The molecule has 0 aliphatic carbocycles. The van der Waals surface area contributed by atoms with Crippen molar-refractivity contribution in [1.82, 2.24) is 0 Å². The molecule has 0 aromatic heterocycles. The van der Waals surface area contributed by atoms with Crippen LogP contribution in [0.15, 0.2) is 36.0 Å².